The molecular weight excluding hydrogens is 443 g/mol. The van der Waals surface area contributed by atoms with Gasteiger partial charge in [0.2, 0.25) is 11.8 Å². The Morgan fingerprint density at radius 1 is 1.12 bits per heavy atom. The number of hydrogen-bond donors (Lipinski definition) is 1. The lowest BCUT2D eigenvalue weighted by atomic mass is 10.1. The molecule has 1 saturated carbocycles. The smallest absolute Gasteiger partial charge is 0.243 e. The number of nitrogens with one attached hydrogen (secondary N) is 1. The van der Waals surface area contributed by atoms with Crippen molar-refractivity contribution in [2.24, 2.45) is 0 Å². The Labute approximate surface area is 200 Å². The van der Waals surface area contributed by atoms with E-state index in [-0.39, 0.29) is 36.6 Å². The monoisotopic (exact) mass is 474 g/mol. The molecule has 7 heteroatoms. The maximum atomic E-state index is 13.4. The van der Waals surface area contributed by atoms with Crippen molar-refractivity contribution in [3.63, 3.8) is 0 Å². The van der Waals surface area contributed by atoms with Gasteiger partial charge in [0, 0.05) is 24.0 Å². The van der Waals surface area contributed by atoms with Crippen LogP contribution in [0.3, 0.4) is 0 Å². The summed E-state index contributed by atoms with van der Waals surface area (Å²) in [5.41, 5.74) is 0.786. The third-order valence-corrected chi connectivity index (χ3v) is 6.22. The minimum absolute atomic E-state index is 0.114. The molecular formula is C26H32ClFN2O3. The number of amides is 2. The van der Waals surface area contributed by atoms with E-state index in [0.29, 0.717) is 30.2 Å². The second-order valence-corrected chi connectivity index (χ2v) is 8.90. The van der Waals surface area contributed by atoms with Crippen molar-refractivity contribution in [3.8, 4) is 5.75 Å². The number of rotatable bonds is 11. The van der Waals surface area contributed by atoms with Crippen LogP contribution in [0.4, 0.5) is 4.39 Å². The lowest BCUT2D eigenvalue weighted by Gasteiger charge is -2.31. The zero-order valence-corrected chi connectivity index (χ0v) is 19.8. The van der Waals surface area contributed by atoms with Crippen molar-refractivity contribution >= 4 is 23.4 Å². The van der Waals surface area contributed by atoms with E-state index in [9.17, 15) is 14.0 Å². The van der Waals surface area contributed by atoms with Gasteiger partial charge in [-0.05, 0) is 67.6 Å². The summed E-state index contributed by atoms with van der Waals surface area (Å²) >= 11 is 5.89. The first-order valence-electron chi connectivity index (χ1n) is 11.7. The van der Waals surface area contributed by atoms with Crippen LogP contribution < -0.4 is 10.1 Å². The molecule has 33 heavy (non-hydrogen) atoms. The number of nitrogens with zero attached hydrogens (tertiary/aromatic N) is 1. The summed E-state index contributed by atoms with van der Waals surface area (Å²) in [6, 6.07) is 12.7. The highest BCUT2D eigenvalue weighted by atomic mass is 35.5. The summed E-state index contributed by atoms with van der Waals surface area (Å²) in [6.07, 6.45) is 5.48. The van der Waals surface area contributed by atoms with Crippen molar-refractivity contribution in [2.45, 2.75) is 70.5 Å². The van der Waals surface area contributed by atoms with Gasteiger partial charge in [-0.3, -0.25) is 9.59 Å². The van der Waals surface area contributed by atoms with Gasteiger partial charge in [0.05, 0.1) is 6.61 Å². The first kappa shape index (κ1) is 25.0. The highest BCUT2D eigenvalue weighted by Crippen LogP contribution is 2.20. The molecule has 0 spiro atoms. The number of halogens is 2. The minimum atomic E-state index is -0.569. The van der Waals surface area contributed by atoms with E-state index in [0.717, 1.165) is 31.2 Å². The predicted molar refractivity (Wildman–Crippen MR) is 128 cm³/mol. The van der Waals surface area contributed by atoms with Gasteiger partial charge in [0.1, 0.15) is 17.6 Å². The van der Waals surface area contributed by atoms with Gasteiger partial charge in [-0.25, -0.2) is 4.39 Å². The molecule has 0 aliphatic heterocycles. The van der Waals surface area contributed by atoms with E-state index in [1.54, 1.807) is 41.3 Å². The fourth-order valence-corrected chi connectivity index (χ4v) is 4.29. The van der Waals surface area contributed by atoms with Crippen LogP contribution in [0.25, 0.3) is 0 Å². The first-order valence-corrected chi connectivity index (χ1v) is 12.1. The molecule has 1 atom stereocenters. The summed E-state index contributed by atoms with van der Waals surface area (Å²) in [5, 5.41) is 3.76. The maximum absolute atomic E-state index is 13.4. The van der Waals surface area contributed by atoms with Gasteiger partial charge in [0.15, 0.2) is 0 Å². The molecule has 0 aromatic heterocycles. The van der Waals surface area contributed by atoms with Gasteiger partial charge >= 0.3 is 0 Å². The van der Waals surface area contributed by atoms with Crippen molar-refractivity contribution in [1.82, 2.24) is 10.2 Å². The Morgan fingerprint density at radius 2 is 1.79 bits per heavy atom. The third-order valence-electron chi connectivity index (χ3n) is 5.97. The molecule has 1 N–H and O–H groups in total. The predicted octanol–water partition coefficient (Wildman–Crippen LogP) is 5.50. The average molecular weight is 475 g/mol. The topological polar surface area (TPSA) is 58.6 Å². The van der Waals surface area contributed by atoms with Crippen molar-refractivity contribution < 1.29 is 18.7 Å². The van der Waals surface area contributed by atoms with Crippen LogP contribution in [0.15, 0.2) is 48.5 Å². The third kappa shape index (κ3) is 7.74. The maximum Gasteiger partial charge on any atom is 0.243 e. The second kappa shape index (κ2) is 12.6. The minimum Gasteiger partial charge on any atom is -0.494 e. The van der Waals surface area contributed by atoms with Crippen LogP contribution in [0.1, 0.15) is 57.4 Å². The standard InChI is InChI=1S/C26H32ClFN2O3/c1-2-24(26(32)29-22-6-3-4-7-22)30(18-19-9-13-21(28)14-10-19)25(31)8-5-17-33-23-15-11-20(27)12-16-23/h9-16,22,24H,2-8,17-18H2,1H3,(H,29,32)/t24-/m0/s1. The van der Waals surface area contributed by atoms with Crippen LogP contribution in [0.5, 0.6) is 5.75 Å². The Hall–Kier alpha value is -2.60. The van der Waals surface area contributed by atoms with Gasteiger partial charge in [-0.15, -0.1) is 0 Å². The van der Waals surface area contributed by atoms with Crippen molar-refractivity contribution in [2.75, 3.05) is 6.61 Å². The summed E-state index contributed by atoms with van der Waals surface area (Å²) in [4.78, 5) is 27.9. The fourth-order valence-electron chi connectivity index (χ4n) is 4.16. The molecule has 2 aromatic carbocycles. The Balaban J connectivity index is 1.63. The fraction of sp³-hybridized carbons (Fsp3) is 0.462. The zero-order chi connectivity index (χ0) is 23.6. The number of hydrogen-bond acceptors (Lipinski definition) is 3. The number of benzene rings is 2. The molecule has 0 heterocycles. The van der Waals surface area contributed by atoms with Crippen LogP contribution in [0.2, 0.25) is 5.02 Å². The van der Waals surface area contributed by atoms with Crippen LogP contribution in [-0.4, -0.2) is 35.4 Å². The van der Waals surface area contributed by atoms with Crippen LogP contribution in [0, 0.1) is 5.82 Å². The zero-order valence-electron chi connectivity index (χ0n) is 19.1. The van der Waals surface area contributed by atoms with E-state index >= 15 is 0 Å². The lowest BCUT2D eigenvalue weighted by Crippen LogP contribution is -2.50. The second-order valence-electron chi connectivity index (χ2n) is 8.47. The lowest BCUT2D eigenvalue weighted by molar-refractivity contribution is -0.141. The Kier molecular flexibility index (Phi) is 9.55. The Morgan fingerprint density at radius 3 is 2.42 bits per heavy atom. The van der Waals surface area contributed by atoms with Crippen molar-refractivity contribution in [3.05, 3.63) is 64.9 Å². The average Bonchev–Trinajstić information content (AvgIpc) is 3.32. The molecule has 3 rings (SSSR count). The Bertz CT molecular complexity index is 899. The van der Waals surface area contributed by atoms with E-state index in [2.05, 4.69) is 5.32 Å². The van der Waals surface area contributed by atoms with Gasteiger partial charge in [-0.1, -0.05) is 43.5 Å². The van der Waals surface area contributed by atoms with E-state index in [1.807, 2.05) is 6.92 Å². The molecule has 0 unspecified atom stereocenters. The summed E-state index contributed by atoms with van der Waals surface area (Å²) in [5.74, 6) is 0.129. The molecule has 1 aliphatic carbocycles. The van der Waals surface area contributed by atoms with Gasteiger partial charge in [-0.2, -0.15) is 0 Å². The quantitative estimate of drug-likeness (QED) is 0.437. The number of carbonyl (C=O) groups excluding carboxylic acids is 2. The van der Waals surface area contributed by atoms with Crippen LogP contribution >= 0.6 is 11.6 Å². The first-order chi connectivity index (χ1) is 16.0. The number of ether oxygens (including phenoxy) is 1. The highest BCUT2D eigenvalue weighted by molar-refractivity contribution is 6.30. The molecule has 0 radical (unpaired) electrons. The van der Waals surface area contributed by atoms with Gasteiger partial charge in [0.25, 0.3) is 0 Å². The number of carbonyl (C=O) groups is 2. The summed E-state index contributed by atoms with van der Waals surface area (Å²) in [6.45, 7) is 2.55. The largest absolute Gasteiger partial charge is 0.494 e. The molecule has 1 fully saturated rings. The molecule has 2 aromatic rings. The molecule has 5 nitrogen and oxygen atoms in total. The van der Waals surface area contributed by atoms with Crippen LogP contribution in [-0.2, 0) is 16.1 Å². The normalized spacial score (nSPS) is 14.6. The molecule has 2 amide bonds. The van der Waals surface area contributed by atoms with Gasteiger partial charge < -0.3 is 15.0 Å². The van der Waals surface area contributed by atoms with E-state index < -0.39 is 6.04 Å². The molecule has 0 bridgehead atoms. The van der Waals surface area contributed by atoms with E-state index in [1.165, 1.54) is 12.1 Å². The molecule has 0 saturated heterocycles. The molecule has 178 valence electrons. The highest BCUT2D eigenvalue weighted by Gasteiger charge is 2.30. The van der Waals surface area contributed by atoms with E-state index in [4.69, 9.17) is 16.3 Å². The summed E-state index contributed by atoms with van der Waals surface area (Å²) < 4.78 is 19.1. The SMILES string of the molecule is CC[C@@H](C(=O)NC1CCCC1)N(Cc1ccc(F)cc1)C(=O)CCCOc1ccc(Cl)cc1. The molecule has 1 aliphatic rings. The summed E-state index contributed by atoms with van der Waals surface area (Å²) in [7, 11) is 0. The van der Waals surface area contributed by atoms with Crippen molar-refractivity contribution in [1.29, 1.82) is 0 Å².